The zero-order valence-corrected chi connectivity index (χ0v) is 21.8. The number of carbonyl (C=O) groups is 1. The van der Waals surface area contributed by atoms with E-state index in [1.54, 1.807) is 7.11 Å². The highest BCUT2D eigenvalue weighted by atomic mass is 16.5. The lowest BCUT2D eigenvalue weighted by Crippen LogP contribution is -2.66. The molecule has 0 bridgehead atoms. The van der Waals surface area contributed by atoms with Gasteiger partial charge < -0.3 is 14.2 Å². The molecule has 0 radical (unpaired) electrons. The Labute approximate surface area is 219 Å². The van der Waals surface area contributed by atoms with E-state index in [0.29, 0.717) is 23.8 Å². The third-order valence-electron chi connectivity index (χ3n) is 9.55. The largest absolute Gasteiger partial charge is 0.497 e. The van der Waals surface area contributed by atoms with Crippen LogP contribution in [0, 0.1) is 11.8 Å². The number of rotatable bonds is 4. The van der Waals surface area contributed by atoms with Crippen LogP contribution in [0.5, 0.6) is 5.75 Å². The van der Waals surface area contributed by atoms with Crippen molar-refractivity contribution >= 4 is 22.9 Å². The van der Waals surface area contributed by atoms with Gasteiger partial charge in [0, 0.05) is 53.4 Å². The minimum Gasteiger partial charge on any atom is -0.497 e. The number of aromatic nitrogens is 1. The molecule has 0 spiro atoms. The first-order valence-electron chi connectivity index (χ1n) is 14.2. The summed E-state index contributed by atoms with van der Waals surface area (Å²) in [6, 6.07) is 18.0. The molecule has 0 aliphatic carbocycles. The predicted octanol–water partition coefficient (Wildman–Crippen LogP) is 5.58. The van der Waals surface area contributed by atoms with Gasteiger partial charge in [-0.05, 0) is 93.3 Å². The Morgan fingerprint density at radius 1 is 1.03 bits per heavy atom. The van der Waals surface area contributed by atoms with Crippen molar-refractivity contribution in [2.24, 2.45) is 11.8 Å². The molecule has 2 aromatic carbocycles. The third-order valence-corrected chi connectivity index (χ3v) is 9.55. The summed E-state index contributed by atoms with van der Waals surface area (Å²) in [7, 11) is 1.71. The van der Waals surface area contributed by atoms with E-state index in [4.69, 9.17) is 4.74 Å². The molecule has 0 unspecified atom stereocenters. The van der Waals surface area contributed by atoms with Crippen LogP contribution < -0.4 is 4.74 Å². The third kappa shape index (κ3) is 3.99. The number of fused-ring (bicyclic) bond motifs is 3. The number of hydrogen-bond acceptors (Lipinski definition) is 3. The van der Waals surface area contributed by atoms with Gasteiger partial charge in [0.25, 0.3) is 0 Å². The summed E-state index contributed by atoms with van der Waals surface area (Å²) in [6.45, 7) is 4.26. The van der Waals surface area contributed by atoms with Crippen LogP contribution in [0.3, 0.4) is 0 Å². The Hall–Kier alpha value is -3.05. The van der Waals surface area contributed by atoms with E-state index in [1.165, 1.54) is 55.2 Å². The van der Waals surface area contributed by atoms with Crippen molar-refractivity contribution in [3.05, 3.63) is 71.4 Å². The predicted molar refractivity (Wildman–Crippen MR) is 148 cm³/mol. The molecule has 1 amide bonds. The van der Waals surface area contributed by atoms with Gasteiger partial charge in [-0.15, -0.1) is 0 Å². The van der Waals surface area contributed by atoms with Gasteiger partial charge in [0.05, 0.1) is 7.11 Å². The number of piperidine rings is 4. The van der Waals surface area contributed by atoms with Crippen molar-refractivity contribution in [3.8, 4) is 5.75 Å². The monoisotopic (exact) mass is 495 g/mol. The number of carbonyl (C=O) groups excluding carboxylic acids is 1. The quantitative estimate of drug-likeness (QED) is 0.444. The lowest BCUT2D eigenvalue weighted by atomic mass is 9.67. The first-order valence-corrected chi connectivity index (χ1v) is 14.2. The summed E-state index contributed by atoms with van der Waals surface area (Å²) < 4.78 is 7.74. The minimum atomic E-state index is 0.294. The van der Waals surface area contributed by atoms with Crippen LogP contribution in [0.1, 0.15) is 49.7 Å². The standard InChI is InChI=1S/C32H37N3O2/c1-37-26-9-4-7-22(17-26)19-34-20-25(27-10-2-3-12-29(27)34)18-23-13-14-30-28-11-6-16-33-15-5-8-24(31(28)33)21-35(30)32(23)36/h2-4,7,9-10,12,17-18,20,24,28,30-31H,5-6,8,11,13-16,19,21H2,1H3/b23-18+/t24-,28+,30+,31-/m0/s1. The van der Waals surface area contributed by atoms with Gasteiger partial charge in [-0.2, -0.15) is 0 Å². The molecule has 4 atom stereocenters. The van der Waals surface area contributed by atoms with Gasteiger partial charge in [-0.25, -0.2) is 0 Å². The van der Waals surface area contributed by atoms with Crippen LogP contribution in [0.2, 0.25) is 0 Å². The van der Waals surface area contributed by atoms with Gasteiger partial charge in [0.1, 0.15) is 5.75 Å². The maximum atomic E-state index is 13.9. The van der Waals surface area contributed by atoms with Crippen molar-refractivity contribution in [1.29, 1.82) is 0 Å². The Kier molecular flexibility index (Phi) is 5.84. The van der Waals surface area contributed by atoms with Crippen LogP contribution in [-0.2, 0) is 11.3 Å². The maximum Gasteiger partial charge on any atom is 0.250 e. The normalized spacial score (nSPS) is 28.8. The lowest BCUT2D eigenvalue weighted by Gasteiger charge is -2.58. The van der Waals surface area contributed by atoms with E-state index in [1.807, 2.05) is 12.1 Å². The van der Waals surface area contributed by atoms with Gasteiger partial charge in [0.2, 0.25) is 5.91 Å². The van der Waals surface area contributed by atoms with Crippen LogP contribution in [-0.4, -0.2) is 59.1 Å². The maximum absolute atomic E-state index is 13.9. The summed E-state index contributed by atoms with van der Waals surface area (Å²) in [4.78, 5) is 19.0. The van der Waals surface area contributed by atoms with Gasteiger partial charge in [0.15, 0.2) is 0 Å². The van der Waals surface area contributed by atoms with Crippen LogP contribution in [0.4, 0.5) is 0 Å². The van der Waals surface area contributed by atoms with E-state index < -0.39 is 0 Å². The molecule has 7 rings (SSSR count). The Balaban J connectivity index is 1.19. The average Bonchev–Trinajstić information content (AvgIpc) is 3.28. The molecule has 5 heterocycles. The highest BCUT2D eigenvalue weighted by Crippen LogP contribution is 2.45. The number of nitrogens with zero attached hydrogens (tertiary/aromatic N) is 3. The summed E-state index contributed by atoms with van der Waals surface area (Å²) >= 11 is 0. The zero-order valence-electron chi connectivity index (χ0n) is 21.8. The molecule has 4 aliphatic heterocycles. The fourth-order valence-electron chi connectivity index (χ4n) is 8.00. The van der Waals surface area contributed by atoms with E-state index in [9.17, 15) is 4.79 Å². The molecular formula is C32H37N3O2. The molecule has 3 aromatic rings. The fraction of sp³-hybridized carbons (Fsp3) is 0.469. The van der Waals surface area contributed by atoms with E-state index >= 15 is 0 Å². The van der Waals surface area contributed by atoms with Crippen molar-refractivity contribution in [1.82, 2.24) is 14.4 Å². The first kappa shape index (κ1) is 23.1. The minimum absolute atomic E-state index is 0.294. The van der Waals surface area contributed by atoms with Gasteiger partial charge in [-0.3, -0.25) is 9.69 Å². The molecule has 4 aliphatic rings. The van der Waals surface area contributed by atoms with Crippen LogP contribution in [0.25, 0.3) is 17.0 Å². The van der Waals surface area contributed by atoms with Gasteiger partial charge in [-0.1, -0.05) is 30.3 Å². The van der Waals surface area contributed by atoms with Crippen LogP contribution >= 0.6 is 0 Å². The molecule has 4 fully saturated rings. The summed E-state index contributed by atoms with van der Waals surface area (Å²) in [5.41, 5.74) is 4.54. The lowest BCUT2D eigenvalue weighted by molar-refractivity contribution is -0.145. The fourth-order valence-corrected chi connectivity index (χ4v) is 8.00. The van der Waals surface area contributed by atoms with Crippen molar-refractivity contribution in [2.45, 2.75) is 57.2 Å². The molecule has 1 aromatic heterocycles. The molecule has 5 nitrogen and oxygen atoms in total. The van der Waals surface area contributed by atoms with E-state index in [2.05, 4.69) is 63.0 Å². The number of hydrogen-bond donors (Lipinski definition) is 0. The summed E-state index contributed by atoms with van der Waals surface area (Å²) in [5, 5.41) is 1.21. The molecule has 192 valence electrons. The first-order chi connectivity index (χ1) is 18.2. The summed E-state index contributed by atoms with van der Waals surface area (Å²) in [6.07, 6.45) is 11.6. The van der Waals surface area contributed by atoms with Crippen molar-refractivity contribution in [3.63, 3.8) is 0 Å². The average molecular weight is 496 g/mol. The Morgan fingerprint density at radius 3 is 2.78 bits per heavy atom. The second kappa shape index (κ2) is 9.36. The molecule has 0 saturated carbocycles. The van der Waals surface area contributed by atoms with Gasteiger partial charge >= 0.3 is 0 Å². The van der Waals surface area contributed by atoms with Crippen LogP contribution in [0.15, 0.2) is 60.3 Å². The molecular weight excluding hydrogens is 458 g/mol. The topological polar surface area (TPSA) is 37.7 Å². The highest BCUT2D eigenvalue weighted by molar-refractivity contribution is 6.01. The van der Waals surface area contributed by atoms with E-state index in [-0.39, 0.29) is 0 Å². The number of ether oxygens (including phenoxy) is 1. The van der Waals surface area contributed by atoms with E-state index in [0.717, 1.165) is 48.9 Å². The number of benzene rings is 2. The zero-order chi connectivity index (χ0) is 24.9. The Bertz CT molecular complexity index is 1360. The Morgan fingerprint density at radius 2 is 1.89 bits per heavy atom. The van der Waals surface area contributed by atoms with Crippen molar-refractivity contribution < 1.29 is 9.53 Å². The second-order valence-corrected chi connectivity index (χ2v) is 11.5. The second-order valence-electron chi connectivity index (χ2n) is 11.5. The number of methoxy groups -OCH3 is 1. The molecule has 5 heteroatoms. The number of para-hydroxylation sites is 1. The molecule has 4 saturated heterocycles. The van der Waals surface area contributed by atoms with Crippen molar-refractivity contribution in [2.75, 3.05) is 26.7 Å². The smallest absolute Gasteiger partial charge is 0.250 e. The summed E-state index contributed by atoms with van der Waals surface area (Å²) in [5.74, 6) is 2.50. The highest BCUT2D eigenvalue weighted by Gasteiger charge is 2.51. The molecule has 0 N–H and O–H groups in total. The number of amides is 1. The molecule has 37 heavy (non-hydrogen) atoms. The SMILES string of the molecule is COc1cccc(Cn2cc(/C=C3\CC[C@@H]4[C@H]5CCCN6CCC[C@@H](CN4C3=O)[C@@H]56)c3ccccc32)c1.